The molecule has 4 rings (SSSR count). The van der Waals surface area contributed by atoms with Crippen molar-refractivity contribution in [3.05, 3.63) is 130 Å². The number of anilines is 2. The number of carbonyl (C=O) groups excluding carboxylic acids is 3. The van der Waals surface area contributed by atoms with Gasteiger partial charge in [-0.1, -0.05) is 97.1 Å². The summed E-state index contributed by atoms with van der Waals surface area (Å²) in [6.45, 7) is 11.0. The van der Waals surface area contributed by atoms with E-state index in [1.54, 1.807) is 18.2 Å². The van der Waals surface area contributed by atoms with Crippen LogP contribution in [0.5, 0.6) is 0 Å². The van der Waals surface area contributed by atoms with Crippen molar-refractivity contribution in [3.63, 3.8) is 0 Å². The van der Waals surface area contributed by atoms with E-state index in [0.717, 1.165) is 41.2 Å². The van der Waals surface area contributed by atoms with Crippen LogP contribution >= 0.6 is 0 Å². The van der Waals surface area contributed by atoms with Gasteiger partial charge >= 0.3 is 41.7 Å². The third-order valence-electron chi connectivity index (χ3n) is 6.24. The van der Waals surface area contributed by atoms with E-state index in [1.165, 1.54) is 0 Å². The minimum absolute atomic E-state index is 0. The third-order valence-corrected chi connectivity index (χ3v) is 6.24. The fraction of sp³-hybridized carbons (Fsp3) is 0.244. The van der Waals surface area contributed by atoms with Crippen molar-refractivity contribution in [1.29, 1.82) is 0 Å². The quantitative estimate of drug-likeness (QED) is 0.0991. The minimum Gasteiger partial charge on any atom is -1.00 e. The molecule has 4 N–H and O–H groups in total. The van der Waals surface area contributed by atoms with Crippen molar-refractivity contribution < 1.29 is 65.1 Å². The first-order valence-corrected chi connectivity index (χ1v) is 16.0. The van der Waals surface area contributed by atoms with E-state index in [-0.39, 0.29) is 46.0 Å². The zero-order chi connectivity index (χ0) is 37.2. The zero-order valence-corrected chi connectivity index (χ0v) is 33.3. The number of benzene rings is 4. The molecule has 0 fully saturated rings. The van der Waals surface area contributed by atoms with Crippen LogP contribution in [0.15, 0.2) is 97.1 Å². The normalized spacial score (nSPS) is 10.6. The van der Waals surface area contributed by atoms with Crippen molar-refractivity contribution in [1.82, 2.24) is 0 Å². The Balaban J connectivity index is 0. The molecular formula is C41H49BN2NaO7. The molecule has 0 aliphatic rings. The van der Waals surface area contributed by atoms with Crippen molar-refractivity contribution in [2.45, 2.75) is 59.4 Å². The number of amides is 2. The molecule has 0 heterocycles. The summed E-state index contributed by atoms with van der Waals surface area (Å²) in [4.78, 5) is 34.3. The molecule has 11 heteroatoms. The van der Waals surface area contributed by atoms with E-state index in [2.05, 4.69) is 10.6 Å². The summed E-state index contributed by atoms with van der Waals surface area (Å²) in [6, 6.07) is 30.0. The van der Waals surface area contributed by atoms with Crippen LogP contribution in [0, 0.1) is 0 Å². The molecule has 0 spiro atoms. The first kappa shape index (κ1) is 47.6. The maximum atomic E-state index is 11.8. The topological polar surface area (TPSA) is 134 Å². The predicted octanol–water partition coefficient (Wildman–Crippen LogP) is 6.06. The van der Waals surface area contributed by atoms with Gasteiger partial charge in [-0.3, -0.25) is 15.4 Å². The van der Waals surface area contributed by atoms with Gasteiger partial charge in [0, 0.05) is 32.5 Å². The summed E-state index contributed by atoms with van der Waals surface area (Å²) >= 11 is 0. The molecule has 0 saturated carbocycles. The van der Waals surface area contributed by atoms with Crippen LogP contribution in [0.2, 0.25) is 0 Å². The molecule has 0 aliphatic carbocycles. The Morgan fingerprint density at radius 2 is 0.962 bits per heavy atom. The molecule has 52 heavy (non-hydrogen) atoms. The fourth-order valence-corrected chi connectivity index (χ4v) is 4.09. The largest absolute Gasteiger partial charge is 1.00 e. The van der Waals surface area contributed by atoms with Gasteiger partial charge in [-0.05, 0) is 93.6 Å². The van der Waals surface area contributed by atoms with Crippen molar-refractivity contribution >= 4 is 62.6 Å². The van der Waals surface area contributed by atoms with Crippen LogP contribution in [-0.2, 0) is 16.1 Å². The Hall–Kier alpha value is -4.45. The first-order chi connectivity index (χ1) is 23.7. The van der Waals surface area contributed by atoms with Crippen LogP contribution < -0.4 is 40.2 Å². The molecule has 269 valence electrons. The van der Waals surface area contributed by atoms with Gasteiger partial charge in [0.2, 0.25) is 0 Å². The molecule has 0 bridgehead atoms. The van der Waals surface area contributed by atoms with Crippen LogP contribution in [0.4, 0.5) is 21.0 Å². The van der Waals surface area contributed by atoms with Gasteiger partial charge in [-0.15, -0.1) is 0 Å². The number of aliphatic hydroxyl groups excluding tert-OH is 2. The number of carbonyl (C=O) groups is 3. The van der Waals surface area contributed by atoms with E-state index < -0.39 is 23.4 Å². The standard InChI is InChI=1S/C20H23NO3.C20H21NO3.CH4O.B.Na.H/c2*1-20(2,3)24-19(23)21-18-6-4-5-16(13-18)10-7-15-8-11-17(14-22)12-9-15;1-2;;;/h4-13,22H,14H2,1-3H3,(H,21,23);4-14H,1-3H3,(H,21,23);2H,1H3;;;/q;;;;+1;-1/b2*10-7+;;;;. The molecule has 2 amide bonds. The van der Waals surface area contributed by atoms with Gasteiger partial charge in [-0.2, -0.15) is 0 Å². The minimum atomic E-state index is -0.532. The van der Waals surface area contributed by atoms with Crippen LogP contribution in [0.25, 0.3) is 24.3 Å². The van der Waals surface area contributed by atoms with E-state index in [0.29, 0.717) is 16.9 Å². The maximum Gasteiger partial charge on any atom is 1.00 e. The summed E-state index contributed by atoms with van der Waals surface area (Å²) in [5, 5.41) is 21.5. The average molecular weight is 716 g/mol. The van der Waals surface area contributed by atoms with Gasteiger partial charge in [0.05, 0.1) is 6.61 Å². The van der Waals surface area contributed by atoms with Crippen LogP contribution in [-0.4, -0.2) is 55.4 Å². The summed E-state index contributed by atoms with van der Waals surface area (Å²) in [5.74, 6) is 0. The Morgan fingerprint density at radius 1 is 0.615 bits per heavy atom. The maximum absolute atomic E-state index is 11.8. The van der Waals surface area contributed by atoms with Gasteiger partial charge in [0.25, 0.3) is 0 Å². The second-order valence-corrected chi connectivity index (χ2v) is 12.9. The molecule has 0 atom stereocenters. The number of hydrogen-bond acceptors (Lipinski definition) is 7. The molecule has 0 aromatic heterocycles. The second kappa shape index (κ2) is 23.9. The number of aliphatic hydroxyl groups is 2. The van der Waals surface area contributed by atoms with Gasteiger partial charge in [0.1, 0.15) is 17.5 Å². The molecule has 0 saturated heterocycles. The summed E-state index contributed by atoms with van der Waals surface area (Å²) in [7, 11) is 1.00. The van der Waals surface area contributed by atoms with Gasteiger partial charge < -0.3 is 21.1 Å². The summed E-state index contributed by atoms with van der Waals surface area (Å²) in [6.07, 6.45) is 7.70. The molecule has 4 aromatic rings. The van der Waals surface area contributed by atoms with E-state index >= 15 is 0 Å². The van der Waals surface area contributed by atoms with Crippen molar-refractivity contribution in [3.8, 4) is 0 Å². The first-order valence-electron chi connectivity index (χ1n) is 16.0. The molecule has 4 aromatic carbocycles. The summed E-state index contributed by atoms with van der Waals surface area (Å²) < 4.78 is 10.5. The van der Waals surface area contributed by atoms with Crippen molar-refractivity contribution in [2.75, 3.05) is 17.7 Å². The predicted molar refractivity (Wildman–Crippen MR) is 210 cm³/mol. The monoisotopic (exact) mass is 715 g/mol. The number of aldehydes is 1. The second-order valence-electron chi connectivity index (χ2n) is 12.9. The fourth-order valence-electron chi connectivity index (χ4n) is 4.09. The van der Waals surface area contributed by atoms with Gasteiger partial charge in [-0.25, -0.2) is 9.59 Å². The Morgan fingerprint density at radius 3 is 1.31 bits per heavy atom. The molecule has 3 radical (unpaired) electrons. The third kappa shape index (κ3) is 19.8. The number of nitrogens with one attached hydrogen (secondary N) is 2. The van der Waals surface area contributed by atoms with Crippen LogP contribution in [0.3, 0.4) is 0 Å². The van der Waals surface area contributed by atoms with Crippen molar-refractivity contribution in [2.24, 2.45) is 0 Å². The van der Waals surface area contributed by atoms with E-state index in [1.807, 2.05) is 145 Å². The van der Waals surface area contributed by atoms with Crippen LogP contribution in [0.1, 0.15) is 81.1 Å². The molecular weight excluding hydrogens is 666 g/mol. The average Bonchev–Trinajstić information content (AvgIpc) is 3.06. The SMILES string of the molecule is CC(C)(C)OC(=O)Nc1cccc(/C=C/c2ccc(C=O)cc2)c1.CC(C)(C)OC(=O)Nc1cccc(/C=C/c2ccc(CO)cc2)c1.CO.[B].[H-].[Na+]. The summed E-state index contributed by atoms with van der Waals surface area (Å²) in [5.41, 5.74) is 5.77. The molecule has 0 aliphatic heterocycles. The Labute approximate surface area is 333 Å². The Bertz CT molecular complexity index is 1740. The zero-order valence-electron chi connectivity index (χ0n) is 32.3. The van der Waals surface area contributed by atoms with Gasteiger partial charge in [0.15, 0.2) is 0 Å². The molecule has 9 nitrogen and oxygen atoms in total. The smallest absolute Gasteiger partial charge is 1.00 e. The van der Waals surface area contributed by atoms with E-state index in [4.69, 9.17) is 19.7 Å². The number of hydrogen-bond donors (Lipinski definition) is 4. The number of rotatable bonds is 8. The molecule has 0 unspecified atom stereocenters. The Kier molecular flexibility index (Phi) is 21.9. The van der Waals surface area contributed by atoms with E-state index in [9.17, 15) is 14.4 Å². The number of ether oxygens (including phenoxy) is 2.